The van der Waals surface area contributed by atoms with Crippen molar-refractivity contribution in [2.24, 2.45) is 0 Å². The third-order valence-electron chi connectivity index (χ3n) is 1.87. The third-order valence-corrected chi connectivity index (χ3v) is 2.67. The van der Waals surface area contributed by atoms with E-state index in [1.807, 2.05) is 6.92 Å². The monoisotopic (exact) mass is 187 g/mol. The molecule has 66 valence electrons. The summed E-state index contributed by atoms with van der Waals surface area (Å²) >= 11 is 1.46. The smallest absolute Gasteiger partial charge is 0.205 e. The number of anilines is 1. The fourth-order valence-corrected chi connectivity index (χ4v) is 1.50. The molecule has 0 amide bonds. The van der Waals surface area contributed by atoms with Crippen LogP contribution in [0.25, 0.3) is 0 Å². The van der Waals surface area contributed by atoms with Crippen LogP contribution in [0, 0.1) is 6.92 Å². The van der Waals surface area contributed by atoms with Gasteiger partial charge in [-0.05, 0) is 19.8 Å². The van der Waals surface area contributed by atoms with Gasteiger partial charge in [-0.1, -0.05) is 11.3 Å². The second-order valence-electron chi connectivity index (χ2n) is 3.13. The fraction of sp³-hybridized carbons (Fsp3) is 0.714. The first-order chi connectivity index (χ1) is 5.68. The van der Waals surface area contributed by atoms with Gasteiger partial charge in [0, 0.05) is 0 Å². The molecule has 2 rings (SSSR count). The van der Waals surface area contributed by atoms with E-state index in [9.17, 15) is 4.39 Å². The highest BCUT2D eigenvalue weighted by atomic mass is 32.1. The van der Waals surface area contributed by atoms with E-state index in [0.29, 0.717) is 19.4 Å². The number of aromatic nitrogens is 2. The Balaban J connectivity index is 1.87. The fourth-order valence-electron chi connectivity index (χ4n) is 0.914. The number of rotatable bonds is 3. The van der Waals surface area contributed by atoms with Crippen LogP contribution < -0.4 is 5.32 Å². The van der Waals surface area contributed by atoms with Crippen molar-refractivity contribution in [3.63, 3.8) is 0 Å². The molecule has 1 aromatic heterocycles. The summed E-state index contributed by atoms with van der Waals surface area (Å²) in [7, 11) is 0. The minimum Gasteiger partial charge on any atom is -0.357 e. The Kier molecular flexibility index (Phi) is 1.75. The average molecular weight is 187 g/mol. The van der Waals surface area contributed by atoms with Gasteiger partial charge in [0.15, 0.2) is 0 Å². The number of hydrogen-bond donors (Lipinski definition) is 1. The Morgan fingerprint density at radius 3 is 2.83 bits per heavy atom. The second kappa shape index (κ2) is 2.65. The van der Waals surface area contributed by atoms with Gasteiger partial charge >= 0.3 is 0 Å². The van der Waals surface area contributed by atoms with Gasteiger partial charge in [-0.3, -0.25) is 0 Å². The second-order valence-corrected chi connectivity index (χ2v) is 4.31. The third kappa shape index (κ3) is 1.72. The molecule has 0 aliphatic heterocycles. The molecule has 0 bridgehead atoms. The van der Waals surface area contributed by atoms with Gasteiger partial charge < -0.3 is 5.32 Å². The number of alkyl halides is 1. The molecule has 12 heavy (non-hydrogen) atoms. The number of nitrogens with zero attached hydrogens (tertiary/aromatic N) is 2. The van der Waals surface area contributed by atoms with Gasteiger partial charge in [-0.15, -0.1) is 10.2 Å². The summed E-state index contributed by atoms with van der Waals surface area (Å²) in [6.07, 6.45) is 1.36. The van der Waals surface area contributed by atoms with Crippen molar-refractivity contribution < 1.29 is 4.39 Å². The molecular formula is C7H10FN3S. The standard InChI is InChI=1S/C7H10FN3S/c1-5-10-11-6(12-5)9-4-7(8)2-3-7/h2-4H2,1H3,(H,9,11). The number of hydrogen-bond acceptors (Lipinski definition) is 4. The lowest BCUT2D eigenvalue weighted by molar-refractivity contribution is 0.326. The zero-order chi connectivity index (χ0) is 8.60. The first-order valence-electron chi connectivity index (χ1n) is 3.91. The van der Waals surface area contributed by atoms with Crippen LogP contribution in [0.4, 0.5) is 9.52 Å². The van der Waals surface area contributed by atoms with Crippen LogP contribution in [-0.2, 0) is 0 Å². The summed E-state index contributed by atoms with van der Waals surface area (Å²) in [5.41, 5.74) is -0.959. The molecule has 1 fully saturated rings. The molecule has 0 spiro atoms. The van der Waals surface area contributed by atoms with Gasteiger partial charge in [0.2, 0.25) is 5.13 Å². The summed E-state index contributed by atoms with van der Waals surface area (Å²) in [5.74, 6) is 0. The van der Waals surface area contributed by atoms with E-state index in [2.05, 4.69) is 15.5 Å². The van der Waals surface area contributed by atoms with Crippen LogP contribution in [-0.4, -0.2) is 22.4 Å². The predicted octanol–water partition coefficient (Wildman–Crippen LogP) is 1.76. The summed E-state index contributed by atoms with van der Waals surface area (Å²) in [5, 5.41) is 12.2. The largest absolute Gasteiger partial charge is 0.357 e. The van der Waals surface area contributed by atoms with E-state index >= 15 is 0 Å². The molecule has 5 heteroatoms. The van der Waals surface area contributed by atoms with Crippen molar-refractivity contribution in [3.05, 3.63) is 5.01 Å². The molecule has 0 atom stereocenters. The maximum Gasteiger partial charge on any atom is 0.205 e. The van der Waals surface area contributed by atoms with Crippen molar-refractivity contribution in [2.75, 3.05) is 11.9 Å². The normalized spacial score (nSPS) is 19.2. The Morgan fingerprint density at radius 1 is 1.58 bits per heavy atom. The first kappa shape index (κ1) is 7.91. The van der Waals surface area contributed by atoms with Gasteiger partial charge in [0.25, 0.3) is 0 Å². The highest BCUT2D eigenvalue weighted by Gasteiger charge is 2.42. The van der Waals surface area contributed by atoms with E-state index in [1.165, 1.54) is 11.3 Å². The molecule has 0 saturated heterocycles. The van der Waals surface area contributed by atoms with E-state index in [4.69, 9.17) is 0 Å². The van der Waals surface area contributed by atoms with Crippen LogP contribution >= 0.6 is 11.3 Å². The van der Waals surface area contributed by atoms with E-state index < -0.39 is 5.67 Å². The van der Waals surface area contributed by atoms with Crippen LogP contribution in [0.2, 0.25) is 0 Å². The van der Waals surface area contributed by atoms with E-state index in [-0.39, 0.29) is 0 Å². The van der Waals surface area contributed by atoms with E-state index in [1.54, 1.807) is 0 Å². The maximum absolute atomic E-state index is 13.1. The molecule has 1 aliphatic rings. The van der Waals surface area contributed by atoms with Crippen molar-refractivity contribution in [3.8, 4) is 0 Å². The van der Waals surface area contributed by atoms with Crippen molar-refractivity contribution in [1.82, 2.24) is 10.2 Å². The molecule has 3 nitrogen and oxygen atoms in total. The van der Waals surface area contributed by atoms with Gasteiger partial charge in [-0.2, -0.15) is 0 Å². The highest BCUT2D eigenvalue weighted by Crippen LogP contribution is 2.39. The predicted molar refractivity (Wildman–Crippen MR) is 46.2 cm³/mol. The average Bonchev–Trinajstić information content (AvgIpc) is 2.60. The Bertz CT molecular complexity index is 282. The molecule has 1 saturated carbocycles. The number of nitrogens with one attached hydrogen (secondary N) is 1. The van der Waals surface area contributed by atoms with Gasteiger partial charge in [-0.25, -0.2) is 4.39 Å². The van der Waals surface area contributed by atoms with Crippen LogP contribution in [0.3, 0.4) is 0 Å². The highest BCUT2D eigenvalue weighted by molar-refractivity contribution is 7.15. The molecule has 1 N–H and O–H groups in total. The molecule has 0 radical (unpaired) electrons. The zero-order valence-corrected chi connectivity index (χ0v) is 7.62. The quantitative estimate of drug-likeness (QED) is 0.783. The lowest BCUT2D eigenvalue weighted by Gasteiger charge is -2.03. The van der Waals surface area contributed by atoms with Crippen molar-refractivity contribution >= 4 is 16.5 Å². The van der Waals surface area contributed by atoms with Crippen LogP contribution in [0.5, 0.6) is 0 Å². The number of halogens is 1. The number of aryl methyl sites for hydroxylation is 1. The minimum absolute atomic E-state index is 0.377. The Labute approximate surface area is 74.0 Å². The SMILES string of the molecule is Cc1nnc(NCC2(F)CC2)s1. The van der Waals surface area contributed by atoms with Gasteiger partial charge in [0.05, 0.1) is 6.54 Å². The summed E-state index contributed by atoms with van der Waals surface area (Å²) in [4.78, 5) is 0. The van der Waals surface area contributed by atoms with Crippen LogP contribution in [0.15, 0.2) is 0 Å². The summed E-state index contributed by atoms with van der Waals surface area (Å²) in [6.45, 7) is 2.26. The molecule has 1 heterocycles. The maximum atomic E-state index is 13.1. The van der Waals surface area contributed by atoms with Crippen LogP contribution in [0.1, 0.15) is 17.8 Å². The first-order valence-corrected chi connectivity index (χ1v) is 4.73. The summed E-state index contributed by atoms with van der Waals surface area (Å²) in [6, 6.07) is 0. The molecule has 1 aromatic rings. The Hall–Kier alpha value is -0.710. The molecule has 0 unspecified atom stereocenters. The minimum atomic E-state index is -0.959. The molecular weight excluding hydrogens is 177 g/mol. The summed E-state index contributed by atoms with van der Waals surface area (Å²) < 4.78 is 13.1. The van der Waals surface area contributed by atoms with Crippen molar-refractivity contribution in [2.45, 2.75) is 25.4 Å². The topological polar surface area (TPSA) is 37.8 Å². The molecule has 1 aliphatic carbocycles. The lowest BCUT2D eigenvalue weighted by Crippen LogP contribution is -2.15. The van der Waals surface area contributed by atoms with Gasteiger partial charge in [0.1, 0.15) is 10.7 Å². The molecule has 0 aromatic carbocycles. The lowest BCUT2D eigenvalue weighted by atomic mass is 10.4. The van der Waals surface area contributed by atoms with E-state index in [0.717, 1.165) is 10.1 Å². The van der Waals surface area contributed by atoms with Crippen molar-refractivity contribution in [1.29, 1.82) is 0 Å². The zero-order valence-electron chi connectivity index (χ0n) is 6.80. The Morgan fingerprint density at radius 2 is 2.33 bits per heavy atom.